The molecule has 2 aromatic rings. The van der Waals surface area contributed by atoms with Crippen LogP contribution < -0.4 is 4.74 Å². The van der Waals surface area contributed by atoms with E-state index < -0.39 is 0 Å². The molecular formula is C12H7BrClNO. The SMILES string of the molecule is Clc1ccc2c(n1)OCc1cc(Br)ccc1-2. The van der Waals surface area contributed by atoms with E-state index in [-0.39, 0.29) is 0 Å². The third-order valence-electron chi connectivity index (χ3n) is 2.55. The summed E-state index contributed by atoms with van der Waals surface area (Å²) in [5.74, 6) is 0.613. The number of rotatable bonds is 0. The average molecular weight is 297 g/mol. The number of benzene rings is 1. The van der Waals surface area contributed by atoms with E-state index in [4.69, 9.17) is 16.3 Å². The molecule has 16 heavy (non-hydrogen) atoms. The van der Waals surface area contributed by atoms with Gasteiger partial charge in [-0.1, -0.05) is 33.6 Å². The number of halogens is 2. The number of aromatic nitrogens is 1. The summed E-state index contributed by atoms with van der Waals surface area (Å²) in [6.45, 7) is 0.537. The zero-order valence-corrected chi connectivity index (χ0v) is 10.5. The molecule has 0 spiro atoms. The molecule has 1 aromatic heterocycles. The van der Waals surface area contributed by atoms with Crippen LogP contribution in [0.15, 0.2) is 34.8 Å². The van der Waals surface area contributed by atoms with Crippen LogP contribution in [0.25, 0.3) is 11.1 Å². The smallest absolute Gasteiger partial charge is 0.223 e. The minimum atomic E-state index is 0.458. The van der Waals surface area contributed by atoms with E-state index in [1.54, 1.807) is 6.07 Å². The predicted octanol–water partition coefficient (Wildman–Crippen LogP) is 4.06. The Morgan fingerprint density at radius 2 is 2.00 bits per heavy atom. The molecule has 2 heterocycles. The lowest BCUT2D eigenvalue weighted by Crippen LogP contribution is -2.06. The van der Waals surface area contributed by atoms with Gasteiger partial charge in [-0.2, -0.15) is 0 Å². The van der Waals surface area contributed by atoms with Crippen LogP contribution in [0.2, 0.25) is 5.15 Å². The molecule has 0 fully saturated rings. The maximum atomic E-state index is 5.83. The lowest BCUT2D eigenvalue weighted by molar-refractivity contribution is 0.290. The van der Waals surface area contributed by atoms with Gasteiger partial charge in [-0.05, 0) is 35.4 Å². The van der Waals surface area contributed by atoms with E-state index in [9.17, 15) is 0 Å². The summed E-state index contributed by atoms with van der Waals surface area (Å²) in [7, 11) is 0. The summed E-state index contributed by atoms with van der Waals surface area (Å²) in [6, 6.07) is 9.86. The van der Waals surface area contributed by atoms with E-state index in [0.29, 0.717) is 17.6 Å². The van der Waals surface area contributed by atoms with Gasteiger partial charge in [-0.3, -0.25) is 0 Å². The van der Waals surface area contributed by atoms with E-state index in [1.807, 2.05) is 12.1 Å². The molecule has 3 rings (SSSR count). The number of nitrogens with zero attached hydrogens (tertiary/aromatic N) is 1. The third-order valence-corrected chi connectivity index (χ3v) is 3.25. The van der Waals surface area contributed by atoms with Gasteiger partial charge in [0.05, 0.1) is 0 Å². The second-order valence-corrected chi connectivity index (χ2v) is 4.88. The second kappa shape index (κ2) is 3.75. The van der Waals surface area contributed by atoms with Crippen LogP contribution in [0, 0.1) is 0 Å². The number of ether oxygens (including phenoxy) is 1. The van der Waals surface area contributed by atoms with Crippen molar-refractivity contribution in [1.29, 1.82) is 0 Å². The largest absolute Gasteiger partial charge is 0.472 e. The normalized spacial score (nSPS) is 12.6. The van der Waals surface area contributed by atoms with Gasteiger partial charge in [0, 0.05) is 10.0 Å². The van der Waals surface area contributed by atoms with Crippen molar-refractivity contribution in [1.82, 2.24) is 4.98 Å². The van der Waals surface area contributed by atoms with Crippen molar-refractivity contribution in [3.8, 4) is 17.0 Å². The van der Waals surface area contributed by atoms with E-state index in [0.717, 1.165) is 21.2 Å². The van der Waals surface area contributed by atoms with Gasteiger partial charge in [0.25, 0.3) is 0 Å². The van der Waals surface area contributed by atoms with Gasteiger partial charge in [-0.25, -0.2) is 4.98 Å². The maximum Gasteiger partial charge on any atom is 0.223 e. The molecule has 0 amide bonds. The highest BCUT2D eigenvalue weighted by atomic mass is 79.9. The third kappa shape index (κ3) is 1.60. The Morgan fingerprint density at radius 1 is 1.19 bits per heavy atom. The highest BCUT2D eigenvalue weighted by Crippen LogP contribution is 2.37. The highest BCUT2D eigenvalue weighted by Gasteiger charge is 2.18. The fraction of sp³-hybridized carbons (Fsp3) is 0.0833. The van der Waals surface area contributed by atoms with Gasteiger partial charge in [0.1, 0.15) is 11.8 Å². The van der Waals surface area contributed by atoms with E-state index in [1.165, 1.54) is 0 Å². The Hall–Kier alpha value is -1.06. The van der Waals surface area contributed by atoms with Crippen molar-refractivity contribution in [3.05, 3.63) is 45.5 Å². The molecule has 0 radical (unpaired) electrons. The molecule has 80 valence electrons. The average Bonchev–Trinajstić information content (AvgIpc) is 2.28. The fourth-order valence-corrected chi connectivity index (χ4v) is 2.37. The molecule has 0 unspecified atom stereocenters. The van der Waals surface area contributed by atoms with Gasteiger partial charge < -0.3 is 4.74 Å². The van der Waals surface area contributed by atoms with Crippen LogP contribution in [0.1, 0.15) is 5.56 Å². The molecule has 1 aromatic carbocycles. The summed E-state index contributed by atoms with van der Waals surface area (Å²) >= 11 is 9.28. The quantitative estimate of drug-likeness (QED) is 0.684. The predicted molar refractivity (Wildman–Crippen MR) is 66.7 cm³/mol. The Morgan fingerprint density at radius 3 is 2.88 bits per heavy atom. The van der Waals surface area contributed by atoms with Crippen LogP contribution in [-0.2, 0) is 6.61 Å². The summed E-state index contributed by atoms with van der Waals surface area (Å²) in [5.41, 5.74) is 3.32. The number of fused-ring (bicyclic) bond motifs is 3. The first-order chi connectivity index (χ1) is 7.74. The number of pyridine rings is 1. The first-order valence-corrected chi connectivity index (χ1v) is 5.99. The van der Waals surface area contributed by atoms with Crippen molar-refractivity contribution in [2.24, 2.45) is 0 Å². The van der Waals surface area contributed by atoms with Crippen molar-refractivity contribution < 1.29 is 4.74 Å². The van der Waals surface area contributed by atoms with Crippen LogP contribution in [-0.4, -0.2) is 4.98 Å². The van der Waals surface area contributed by atoms with Crippen molar-refractivity contribution in [2.45, 2.75) is 6.61 Å². The Bertz CT molecular complexity index is 519. The fourth-order valence-electron chi connectivity index (χ4n) is 1.82. The topological polar surface area (TPSA) is 22.1 Å². The van der Waals surface area contributed by atoms with Crippen molar-refractivity contribution in [2.75, 3.05) is 0 Å². The number of hydrogen-bond donors (Lipinski definition) is 0. The van der Waals surface area contributed by atoms with Gasteiger partial charge >= 0.3 is 0 Å². The Labute approximate surface area is 106 Å². The molecule has 0 atom stereocenters. The van der Waals surface area contributed by atoms with Crippen LogP contribution in [0.5, 0.6) is 5.88 Å². The minimum absolute atomic E-state index is 0.458. The molecule has 2 nitrogen and oxygen atoms in total. The molecule has 1 aliphatic rings. The van der Waals surface area contributed by atoms with Crippen molar-refractivity contribution in [3.63, 3.8) is 0 Å². The standard InChI is InChI=1S/C12H7BrClNO/c13-8-1-2-9-7(5-8)6-16-12-10(9)3-4-11(14)15-12/h1-5H,6H2. The molecule has 1 aliphatic heterocycles. The summed E-state index contributed by atoms with van der Waals surface area (Å²) in [4.78, 5) is 4.17. The monoisotopic (exact) mass is 295 g/mol. The van der Waals surface area contributed by atoms with Gasteiger partial charge in [0.15, 0.2) is 0 Å². The van der Waals surface area contributed by atoms with Crippen LogP contribution in [0.3, 0.4) is 0 Å². The molecule has 0 bridgehead atoms. The molecule has 0 aliphatic carbocycles. The van der Waals surface area contributed by atoms with Crippen molar-refractivity contribution >= 4 is 27.5 Å². The molecule has 0 saturated heterocycles. The zero-order valence-electron chi connectivity index (χ0n) is 8.21. The minimum Gasteiger partial charge on any atom is -0.472 e. The Balaban J connectivity index is 2.23. The maximum absolute atomic E-state index is 5.83. The van der Waals surface area contributed by atoms with E-state index >= 15 is 0 Å². The summed E-state index contributed by atoms with van der Waals surface area (Å²) in [5, 5.41) is 0.458. The molecule has 0 saturated carbocycles. The van der Waals surface area contributed by atoms with Gasteiger partial charge in [-0.15, -0.1) is 0 Å². The Kier molecular flexibility index (Phi) is 2.37. The molecule has 4 heteroatoms. The van der Waals surface area contributed by atoms with E-state index in [2.05, 4.69) is 33.0 Å². The lowest BCUT2D eigenvalue weighted by atomic mass is 9.99. The first-order valence-electron chi connectivity index (χ1n) is 4.82. The molecular weight excluding hydrogens is 289 g/mol. The second-order valence-electron chi connectivity index (χ2n) is 3.58. The first kappa shape index (κ1) is 10.1. The van der Waals surface area contributed by atoms with Gasteiger partial charge in [0.2, 0.25) is 5.88 Å². The van der Waals surface area contributed by atoms with Crippen LogP contribution in [0.4, 0.5) is 0 Å². The summed E-state index contributed by atoms with van der Waals surface area (Å²) < 4.78 is 6.63. The lowest BCUT2D eigenvalue weighted by Gasteiger charge is -2.19. The number of hydrogen-bond acceptors (Lipinski definition) is 2. The van der Waals surface area contributed by atoms with Crippen LogP contribution >= 0.6 is 27.5 Å². The highest BCUT2D eigenvalue weighted by molar-refractivity contribution is 9.10. The zero-order chi connectivity index (χ0) is 11.1. The molecule has 0 N–H and O–H groups in total. The summed E-state index contributed by atoms with van der Waals surface area (Å²) in [6.07, 6.45) is 0.